The van der Waals surface area contributed by atoms with Crippen molar-refractivity contribution in [3.63, 3.8) is 0 Å². The summed E-state index contributed by atoms with van der Waals surface area (Å²) in [6, 6.07) is 4.03. The van der Waals surface area contributed by atoms with Gasteiger partial charge in [-0.15, -0.1) is 0 Å². The molecule has 4 heteroatoms. The fourth-order valence-electron chi connectivity index (χ4n) is 1.05. The molecule has 1 rings (SSSR count). The zero-order valence-electron chi connectivity index (χ0n) is 6.96. The van der Waals surface area contributed by atoms with Gasteiger partial charge in [-0.25, -0.2) is 9.18 Å². The van der Waals surface area contributed by atoms with Crippen LogP contribution in [0.3, 0.4) is 0 Å². The van der Waals surface area contributed by atoms with Gasteiger partial charge in [0, 0.05) is 0 Å². The SMILES string of the molecule is NCCc1ccc(C(=O)O)c(F)c1. The van der Waals surface area contributed by atoms with Crippen LogP contribution >= 0.6 is 0 Å². The van der Waals surface area contributed by atoms with E-state index in [1.807, 2.05) is 0 Å². The number of halogens is 1. The quantitative estimate of drug-likeness (QED) is 0.735. The Balaban J connectivity index is 2.98. The summed E-state index contributed by atoms with van der Waals surface area (Å²) in [6.45, 7) is 0.422. The third kappa shape index (κ3) is 2.26. The van der Waals surface area contributed by atoms with Gasteiger partial charge in [0.2, 0.25) is 0 Å². The van der Waals surface area contributed by atoms with Crippen molar-refractivity contribution in [1.29, 1.82) is 0 Å². The number of carboxylic acids is 1. The molecule has 1 aromatic carbocycles. The summed E-state index contributed by atoms with van der Waals surface area (Å²) in [5.41, 5.74) is 5.68. The number of aromatic carboxylic acids is 1. The van der Waals surface area contributed by atoms with Crippen LogP contribution in [0.25, 0.3) is 0 Å². The second-order valence-corrected chi connectivity index (χ2v) is 2.66. The first-order valence-electron chi connectivity index (χ1n) is 3.87. The minimum atomic E-state index is -1.25. The molecule has 0 saturated carbocycles. The largest absolute Gasteiger partial charge is 0.478 e. The number of hydrogen-bond donors (Lipinski definition) is 2. The van der Waals surface area contributed by atoms with Gasteiger partial charge in [0.15, 0.2) is 0 Å². The summed E-state index contributed by atoms with van der Waals surface area (Å²) in [5.74, 6) is -1.96. The fourth-order valence-corrected chi connectivity index (χ4v) is 1.05. The number of rotatable bonds is 3. The van der Waals surface area contributed by atoms with Crippen molar-refractivity contribution < 1.29 is 14.3 Å². The van der Waals surface area contributed by atoms with E-state index in [1.165, 1.54) is 12.1 Å². The van der Waals surface area contributed by atoms with Crippen molar-refractivity contribution in [3.05, 3.63) is 35.1 Å². The van der Waals surface area contributed by atoms with Crippen LogP contribution in [-0.2, 0) is 6.42 Å². The highest BCUT2D eigenvalue weighted by atomic mass is 19.1. The Hall–Kier alpha value is -1.42. The van der Waals surface area contributed by atoms with Crippen molar-refractivity contribution in [2.24, 2.45) is 5.73 Å². The molecule has 0 aromatic heterocycles. The predicted molar refractivity (Wildman–Crippen MR) is 46.1 cm³/mol. The molecule has 3 nitrogen and oxygen atoms in total. The Kier molecular flexibility index (Phi) is 2.97. The summed E-state index contributed by atoms with van der Waals surface area (Å²) in [7, 11) is 0. The molecule has 0 saturated heterocycles. The number of nitrogens with two attached hydrogens (primary N) is 1. The average molecular weight is 183 g/mol. The Morgan fingerprint density at radius 2 is 2.23 bits per heavy atom. The van der Waals surface area contributed by atoms with Crippen LogP contribution in [-0.4, -0.2) is 17.6 Å². The molecule has 0 aliphatic rings. The van der Waals surface area contributed by atoms with E-state index in [9.17, 15) is 9.18 Å². The van der Waals surface area contributed by atoms with Gasteiger partial charge in [-0.1, -0.05) is 6.07 Å². The zero-order chi connectivity index (χ0) is 9.84. The third-order valence-electron chi connectivity index (χ3n) is 1.70. The van der Waals surface area contributed by atoms with Gasteiger partial charge in [-0.05, 0) is 30.7 Å². The highest BCUT2D eigenvalue weighted by molar-refractivity contribution is 5.87. The molecule has 0 amide bonds. The van der Waals surface area contributed by atoms with Gasteiger partial charge >= 0.3 is 5.97 Å². The lowest BCUT2D eigenvalue weighted by Gasteiger charge is -2.01. The van der Waals surface area contributed by atoms with E-state index in [4.69, 9.17) is 10.8 Å². The minimum Gasteiger partial charge on any atom is -0.478 e. The van der Waals surface area contributed by atoms with E-state index in [-0.39, 0.29) is 5.56 Å². The van der Waals surface area contributed by atoms with Gasteiger partial charge < -0.3 is 10.8 Å². The van der Waals surface area contributed by atoms with Crippen molar-refractivity contribution in [3.8, 4) is 0 Å². The van der Waals surface area contributed by atoms with Crippen LogP contribution in [0, 0.1) is 5.82 Å². The van der Waals surface area contributed by atoms with Gasteiger partial charge in [0.1, 0.15) is 5.82 Å². The van der Waals surface area contributed by atoms with E-state index in [0.717, 1.165) is 0 Å². The van der Waals surface area contributed by atoms with Crippen LogP contribution in [0.15, 0.2) is 18.2 Å². The normalized spacial score (nSPS) is 10.0. The summed E-state index contributed by atoms with van der Waals surface area (Å²) in [6.07, 6.45) is 0.552. The zero-order valence-corrected chi connectivity index (χ0v) is 6.96. The molecule has 0 atom stereocenters. The summed E-state index contributed by atoms with van der Waals surface area (Å²) in [5, 5.41) is 8.52. The Bertz CT molecular complexity index is 325. The van der Waals surface area contributed by atoms with Gasteiger partial charge in [-0.3, -0.25) is 0 Å². The molecule has 70 valence electrons. The van der Waals surface area contributed by atoms with Crippen LogP contribution in [0.2, 0.25) is 0 Å². The maximum Gasteiger partial charge on any atom is 0.338 e. The van der Waals surface area contributed by atoms with Crippen LogP contribution in [0.5, 0.6) is 0 Å². The van der Waals surface area contributed by atoms with E-state index in [0.29, 0.717) is 18.5 Å². The van der Waals surface area contributed by atoms with Gasteiger partial charge in [-0.2, -0.15) is 0 Å². The molecule has 0 spiro atoms. The highest BCUT2D eigenvalue weighted by Crippen LogP contribution is 2.10. The Labute approximate surface area is 75.0 Å². The van der Waals surface area contributed by atoms with Crippen molar-refractivity contribution in [2.75, 3.05) is 6.54 Å². The number of benzene rings is 1. The maximum atomic E-state index is 13.0. The molecule has 0 bridgehead atoms. The first-order chi connectivity index (χ1) is 6.15. The lowest BCUT2D eigenvalue weighted by molar-refractivity contribution is 0.0692. The number of hydrogen-bond acceptors (Lipinski definition) is 2. The molecule has 0 radical (unpaired) electrons. The summed E-state index contributed by atoms with van der Waals surface area (Å²) < 4.78 is 13.0. The summed E-state index contributed by atoms with van der Waals surface area (Å²) in [4.78, 5) is 10.4. The van der Waals surface area contributed by atoms with Crippen LogP contribution in [0.1, 0.15) is 15.9 Å². The Morgan fingerprint density at radius 3 is 2.69 bits per heavy atom. The summed E-state index contributed by atoms with van der Waals surface area (Å²) >= 11 is 0. The fraction of sp³-hybridized carbons (Fsp3) is 0.222. The van der Waals surface area contributed by atoms with Crippen LogP contribution in [0.4, 0.5) is 4.39 Å². The molecule has 0 unspecified atom stereocenters. The lowest BCUT2D eigenvalue weighted by atomic mass is 10.1. The molecule has 13 heavy (non-hydrogen) atoms. The molecule has 0 fully saturated rings. The van der Waals surface area contributed by atoms with Gasteiger partial charge in [0.05, 0.1) is 5.56 Å². The van der Waals surface area contributed by atoms with Crippen molar-refractivity contribution in [1.82, 2.24) is 0 Å². The smallest absolute Gasteiger partial charge is 0.338 e. The average Bonchev–Trinajstić information content (AvgIpc) is 2.04. The Morgan fingerprint density at radius 1 is 1.54 bits per heavy atom. The molecule has 0 aliphatic heterocycles. The maximum absolute atomic E-state index is 13.0. The van der Waals surface area contributed by atoms with Gasteiger partial charge in [0.25, 0.3) is 0 Å². The number of carbonyl (C=O) groups is 1. The highest BCUT2D eigenvalue weighted by Gasteiger charge is 2.09. The molecular formula is C9H10FNO2. The van der Waals surface area contributed by atoms with E-state index < -0.39 is 11.8 Å². The first-order valence-corrected chi connectivity index (χ1v) is 3.87. The second kappa shape index (κ2) is 4.00. The monoisotopic (exact) mass is 183 g/mol. The molecule has 3 N–H and O–H groups in total. The standard InChI is InChI=1S/C9H10FNO2/c10-8-5-6(3-4-11)1-2-7(8)9(12)13/h1-2,5H,3-4,11H2,(H,12,13). The van der Waals surface area contributed by atoms with E-state index >= 15 is 0 Å². The molecular weight excluding hydrogens is 173 g/mol. The topological polar surface area (TPSA) is 63.3 Å². The van der Waals surface area contributed by atoms with E-state index in [1.54, 1.807) is 6.07 Å². The van der Waals surface area contributed by atoms with Crippen molar-refractivity contribution >= 4 is 5.97 Å². The van der Waals surface area contributed by atoms with E-state index in [2.05, 4.69) is 0 Å². The first kappa shape index (κ1) is 9.67. The van der Waals surface area contributed by atoms with Crippen LogP contribution < -0.4 is 5.73 Å². The minimum absolute atomic E-state index is 0.305. The molecule has 1 aromatic rings. The third-order valence-corrected chi connectivity index (χ3v) is 1.70. The predicted octanol–water partition coefficient (Wildman–Crippen LogP) is 1.03. The second-order valence-electron chi connectivity index (χ2n) is 2.66. The number of carboxylic acid groups (broad SMARTS) is 1. The lowest BCUT2D eigenvalue weighted by Crippen LogP contribution is -2.05. The van der Waals surface area contributed by atoms with Crippen molar-refractivity contribution in [2.45, 2.75) is 6.42 Å². The molecule has 0 aliphatic carbocycles. The molecule has 0 heterocycles.